The Morgan fingerprint density at radius 1 is 1.29 bits per heavy atom. The first-order chi connectivity index (χ1) is 6.57. The summed E-state index contributed by atoms with van der Waals surface area (Å²) in [5.41, 5.74) is 0. The molecule has 82 valence electrons. The minimum atomic E-state index is -1.24. The van der Waals surface area contributed by atoms with Crippen LogP contribution in [0.15, 0.2) is 12.7 Å². The van der Waals surface area contributed by atoms with Gasteiger partial charge < -0.3 is 24.8 Å². The van der Waals surface area contributed by atoms with Crippen molar-refractivity contribution in [2.24, 2.45) is 0 Å². The number of aliphatic hydroxyl groups is 3. The molecule has 3 N–H and O–H groups in total. The van der Waals surface area contributed by atoms with Gasteiger partial charge in [0, 0.05) is 0 Å². The highest BCUT2D eigenvalue weighted by Crippen LogP contribution is 2.21. The molecule has 0 spiro atoms. The second-order valence-corrected chi connectivity index (χ2v) is 3.30. The molecule has 0 aromatic rings. The lowest BCUT2D eigenvalue weighted by atomic mass is 10.0. The Balaban J connectivity index is 2.55. The van der Waals surface area contributed by atoms with E-state index in [4.69, 9.17) is 9.47 Å². The Morgan fingerprint density at radius 2 is 1.93 bits per heavy atom. The molecule has 5 nitrogen and oxygen atoms in total. The lowest BCUT2D eigenvalue weighted by Crippen LogP contribution is -2.57. The van der Waals surface area contributed by atoms with Crippen molar-refractivity contribution in [3.8, 4) is 0 Å². The van der Waals surface area contributed by atoms with Gasteiger partial charge in [0.25, 0.3) is 0 Å². The Labute approximate surface area is 82.6 Å². The van der Waals surface area contributed by atoms with Crippen LogP contribution < -0.4 is 0 Å². The van der Waals surface area contributed by atoms with Crippen molar-refractivity contribution in [1.29, 1.82) is 0 Å². The van der Waals surface area contributed by atoms with E-state index in [1.807, 2.05) is 0 Å². The standard InChI is InChI=1S/C9H16O5/c1-3-4-13-9-8(12)7(11)6(10)5(2)14-9/h3,5-12H,1,4H2,2H3/t5-,6+,7+,8-,9+/m1/s1. The van der Waals surface area contributed by atoms with Crippen LogP contribution in [0.1, 0.15) is 6.92 Å². The van der Waals surface area contributed by atoms with Crippen LogP contribution >= 0.6 is 0 Å². The monoisotopic (exact) mass is 204 g/mol. The zero-order valence-electron chi connectivity index (χ0n) is 8.04. The molecule has 0 saturated carbocycles. The van der Waals surface area contributed by atoms with Crippen molar-refractivity contribution >= 4 is 0 Å². The molecule has 1 rings (SSSR count). The second-order valence-electron chi connectivity index (χ2n) is 3.30. The van der Waals surface area contributed by atoms with Gasteiger partial charge in [-0.25, -0.2) is 0 Å². The van der Waals surface area contributed by atoms with Crippen LogP contribution in [-0.4, -0.2) is 52.6 Å². The van der Waals surface area contributed by atoms with E-state index in [9.17, 15) is 15.3 Å². The van der Waals surface area contributed by atoms with E-state index in [-0.39, 0.29) is 6.61 Å². The summed E-state index contributed by atoms with van der Waals surface area (Å²) in [4.78, 5) is 0. The average Bonchev–Trinajstić information content (AvgIpc) is 2.18. The van der Waals surface area contributed by atoms with E-state index in [0.29, 0.717) is 0 Å². The Hall–Kier alpha value is -0.460. The Morgan fingerprint density at radius 3 is 2.50 bits per heavy atom. The van der Waals surface area contributed by atoms with Crippen molar-refractivity contribution in [2.45, 2.75) is 37.6 Å². The normalized spacial score (nSPS) is 43.6. The molecule has 1 saturated heterocycles. The van der Waals surface area contributed by atoms with E-state index in [0.717, 1.165) is 0 Å². The summed E-state index contributed by atoms with van der Waals surface area (Å²) >= 11 is 0. The van der Waals surface area contributed by atoms with Crippen molar-refractivity contribution in [2.75, 3.05) is 6.61 Å². The highest BCUT2D eigenvalue weighted by atomic mass is 16.7. The van der Waals surface area contributed by atoms with Gasteiger partial charge in [-0.05, 0) is 6.92 Å². The molecular weight excluding hydrogens is 188 g/mol. The summed E-state index contributed by atoms with van der Waals surface area (Å²) in [6.07, 6.45) is -3.54. The first-order valence-corrected chi connectivity index (χ1v) is 4.50. The van der Waals surface area contributed by atoms with Gasteiger partial charge in [-0.2, -0.15) is 0 Å². The van der Waals surface area contributed by atoms with E-state index < -0.39 is 30.7 Å². The van der Waals surface area contributed by atoms with Crippen LogP contribution in [-0.2, 0) is 9.47 Å². The van der Waals surface area contributed by atoms with Crippen LogP contribution in [0.4, 0.5) is 0 Å². The van der Waals surface area contributed by atoms with E-state index in [1.165, 1.54) is 6.08 Å². The van der Waals surface area contributed by atoms with E-state index >= 15 is 0 Å². The molecule has 5 atom stereocenters. The highest BCUT2D eigenvalue weighted by molar-refractivity contribution is 4.87. The largest absolute Gasteiger partial charge is 0.388 e. The zero-order chi connectivity index (χ0) is 10.7. The summed E-state index contributed by atoms with van der Waals surface area (Å²) in [5.74, 6) is 0. The summed E-state index contributed by atoms with van der Waals surface area (Å²) in [6.45, 7) is 5.27. The van der Waals surface area contributed by atoms with Gasteiger partial charge in [0.15, 0.2) is 6.29 Å². The third-order valence-electron chi connectivity index (χ3n) is 2.19. The fourth-order valence-corrected chi connectivity index (χ4v) is 1.31. The lowest BCUT2D eigenvalue weighted by molar-refractivity contribution is -0.290. The zero-order valence-corrected chi connectivity index (χ0v) is 8.04. The maximum atomic E-state index is 9.46. The Kier molecular flexibility index (Phi) is 4.03. The maximum absolute atomic E-state index is 9.46. The van der Waals surface area contributed by atoms with Gasteiger partial charge in [0.1, 0.15) is 18.3 Å². The van der Waals surface area contributed by atoms with Crippen molar-refractivity contribution < 1.29 is 24.8 Å². The molecule has 0 radical (unpaired) electrons. The van der Waals surface area contributed by atoms with Crippen molar-refractivity contribution in [1.82, 2.24) is 0 Å². The summed E-state index contributed by atoms with van der Waals surface area (Å²) in [5, 5.41) is 28.2. The number of ether oxygens (including phenoxy) is 2. The molecule has 1 fully saturated rings. The summed E-state index contributed by atoms with van der Waals surface area (Å²) in [7, 11) is 0. The van der Waals surface area contributed by atoms with Gasteiger partial charge in [0.05, 0.1) is 12.7 Å². The molecule has 1 heterocycles. The molecule has 0 unspecified atom stereocenters. The molecule has 0 aliphatic carbocycles. The topological polar surface area (TPSA) is 79.2 Å². The van der Waals surface area contributed by atoms with Crippen LogP contribution in [0.2, 0.25) is 0 Å². The molecular formula is C9H16O5. The fourth-order valence-electron chi connectivity index (χ4n) is 1.31. The summed E-state index contributed by atoms with van der Waals surface area (Å²) < 4.78 is 10.2. The quantitative estimate of drug-likeness (QED) is 0.515. The van der Waals surface area contributed by atoms with Crippen LogP contribution in [0.5, 0.6) is 0 Å². The molecule has 5 heteroatoms. The van der Waals surface area contributed by atoms with Gasteiger partial charge in [-0.1, -0.05) is 6.08 Å². The second kappa shape index (κ2) is 4.86. The molecule has 0 amide bonds. The van der Waals surface area contributed by atoms with Gasteiger partial charge in [-0.3, -0.25) is 0 Å². The van der Waals surface area contributed by atoms with Crippen LogP contribution in [0.3, 0.4) is 0 Å². The van der Waals surface area contributed by atoms with E-state index in [2.05, 4.69) is 6.58 Å². The minimum absolute atomic E-state index is 0.220. The summed E-state index contributed by atoms with van der Waals surface area (Å²) in [6, 6.07) is 0. The SMILES string of the molecule is C=CCO[C@H]1O[C@H](C)[C@H](O)[C@H](O)[C@H]1O. The molecule has 0 aromatic heterocycles. The Bertz CT molecular complexity index is 196. The average molecular weight is 204 g/mol. The maximum Gasteiger partial charge on any atom is 0.186 e. The van der Waals surface area contributed by atoms with Gasteiger partial charge in [-0.15, -0.1) is 6.58 Å². The van der Waals surface area contributed by atoms with Crippen LogP contribution in [0, 0.1) is 0 Å². The fraction of sp³-hybridized carbons (Fsp3) is 0.778. The molecule has 1 aliphatic rings. The molecule has 1 aliphatic heterocycles. The molecule has 0 bridgehead atoms. The molecule has 0 aromatic carbocycles. The van der Waals surface area contributed by atoms with Crippen LogP contribution in [0.25, 0.3) is 0 Å². The smallest absolute Gasteiger partial charge is 0.186 e. The van der Waals surface area contributed by atoms with Crippen molar-refractivity contribution in [3.63, 3.8) is 0 Å². The van der Waals surface area contributed by atoms with Gasteiger partial charge >= 0.3 is 0 Å². The third-order valence-corrected chi connectivity index (χ3v) is 2.19. The number of hydrogen-bond donors (Lipinski definition) is 3. The minimum Gasteiger partial charge on any atom is -0.388 e. The lowest BCUT2D eigenvalue weighted by Gasteiger charge is -2.38. The number of hydrogen-bond acceptors (Lipinski definition) is 5. The first kappa shape index (κ1) is 11.6. The van der Waals surface area contributed by atoms with Gasteiger partial charge in [0.2, 0.25) is 0 Å². The van der Waals surface area contributed by atoms with Crippen molar-refractivity contribution in [3.05, 3.63) is 12.7 Å². The number of rotatable bonds is 3. The highest BCUT2D eigenvalue weighted by Gasteiger charge is 2.42. The predicted molar refractivity (Wildman–Crippen MR) is 48.5 cm³/mol. The molecule has 14 heavy (non-hydrogen) atoms. The first-order valence-electron chi connectivity index (χ1n) is 4.50. The third kappa shape index (κ3) is 2.31. The van der Waals surface area contributed by atoms with E-state index in [1.54, 1.807) is 6.92 Å². The predicted octanol–water partition coefficient (Wildman–Crippen LogP) is -0.984. The number of aliphatic hydroxyl groups excluding tert-OH is 3.